The van der Waals surface area contributed by atoms with E-state index < -0.39 is 5.91 Å². The maximum atomic E-state index is 13.8. The monoisotopic (exact) mass is 368 g/mol. The number of furan rings is 1. The van der Waals surface area contributed by atoms with Gasteiger partial charge in [0.15, 0.2) is 11.5 Å². The van der Waals surface area contributed by atoms with Crippen LogP contribution < -0.4 is 14.9 Å². The molecule has 138 valence electrons. The van der Waals surface area contributed by atoms with Crippen molar-refractivity contribution in [3.8, 4) is 22.8 Å². The molecule has 0 aliphatic rings. The molecule has 0 unspecified atom stereocenters. The molecule has 27 heavy (non-hydrogen) atoms. The van der Waals surface area contributed by atoms with Crippen LogP contribution in [0.4, 0.5) is 4.39 Å². The van der Waals surface area contributed by atoms with Crippen LogP contribution >= 0.6 is 0 Å². The molecule has 0 aliphatic heterocycles. The lowest BCUT2D eigenvalue weighted by atomic mass is 10.1. The van der Waals surface area contributed by atoms with Crippen molar-refractivity contribution in [2.45, 2.75) is 0 Å². The summed E-state index contributed by atoms with van der Waals surface area (Å²) in [6.07, 6.45) is 1.34. The van der Waals surface area contributed by atoms with Crippen LogP contribution in [0.25, 0.3) is 11.3 Å². The first-order valence-electron chi connectivity index (χ1n) is 8.02. The van der Waals surface area contributed by atoms with E-state index in [1.165, 1.54) is 26.5 Å². The van der Waals surface area contributed by atoms with Gasteiger partial charge in [-0.1, -0.05) is 12.1 Å². The molecule has 0 spiro atoms. The Labute approximate surface area is 155 Å². The minimum atomic E-state index is -0.423. The Bertz CT molecular complexity index is 982. The highest BCUT2D eigenvalue weighted by Crippen LogP contribution is 2.27. The molecule has 1 heterocycles. The van der Waals surface area contributed by atoms with E-state index in [2.05, 4.69) is 10.5 Å². The number of nitrogens with one attached hydrogen (secondary N) is 1. The van der Waals surface area contributed by atoms with Gasteiger partial charge in [-0.15, -0.1) is 0 Å². The second-order valence-corrected chi connectivity index (χ2v) is 5.45. The third-order valence-corrected chi connectivity index (χ3v) is 3.77. The smallest absolute Gasteiger partial charge is 0.271 e. The summed E-state index contributed by atoms with van der Waals surface area (Å²) < 4.78 is 29.6. The lowest BCUT2D eigenvalue weighted by Gasteiger charge is -2.08. The van der Waals surface area contributed by atoms with Crippen molar-refractivity contribution in [2.24, 2.45) is 5.10 Å². The number of rotatable bonds is 6. The predicted octanol–water partition coefficient (Wildman–Crippen LogP) is 3.87. The summed E-state index contributed by atoms with van der Waals surface area (Å²) in [6, 6.07) is 14.3. The molecule has 0 saturated heterocycles. The van der Waals surface area contributed by atoms with Gasteiger partial charge in [0.2, 0.25) is 0 Å². The fourth-order valence-electron chi connectivity index (χ4n) is 2.42. The van der Waals surface area contributed by atoms with Gasteiger partial charge in [0.1, 0.15) is 17.3 Å². The molecule has 0 saturated carbocycles. The van der Waals surface area contributed by atoms with Crippen LogP contribution in [0.3, 0.4) is 0 Å². The van der Waals surface area contributed by atoms with E-state index in [4.69, 9.17) is 13.9 Å². The summed E-state index contributed by atoms with van der Waals surface area (Å²) in [5.41, 5.74) is 3.11. The van der Waals surface area contributed by atoms with Crippen molar-refractivity contribution in [1.29, 1.82) is 0 Å². The number of nitrogens with zero attached hydrogens (tertiary/aromatic N) is 1. The van der Waals surface area contributed by atoms with Crippen LogP contribution in [0.15, 0.2) is 64.1 Å². The minimum Gasteiger partial charge on any atom is -0.493 e. The van der Waals surface area contributed by atoms with Crippen LogP contribution in [0.2, 0.25) is 0 Å². The van der Waals surface area contributed by atoms with Gasteiger partial charge in [0.25, 0.3) is 5.91 Å². The first-order chi connectivity index (χ1) is 13.1. The topological polar surface area (TPSA) is 73.1 Å². The highest BCUT2D eigenvalue weighted by Gasteiger charge is 2.11. The van der Waals surface area contributed by atoms with E-state index in [0.29, 0.717) is 34.1 Å². The zero-order valence-corrected chi connectivity index (χ0v) is 14.7. The number of benzene rings is 2. The fourth-order valence-corrected chi connectivity index (χ4v) is 2.42. The molecule has 3 rings (SSSR count). The Morgan fingerprint density at radius 1 is 1.07 bits per heavy atom. The average Bonchev–Trinajstić information content (AvgIpc) is 3.16. The van der Waals surface area contributed by atoms with Crippen LogP contribution in [-0.4, -0.2) is 26.3 Å². The predicted molar refractivity (Wildman–Crippen MR) is 98.7 cm³/mol. The molecule has 2 aromatic carbocycles. The van der Waals surface area contributed by atoms with E-state index in [1.807, 2.05) is 0 Å². The molecule has 0 radical (unpaired) electrons. The summed E-state index contributed by atoms with van der Waals surface area (Å²) in [5.74, 6) is 0.912. The molecule has 1 amide bonds. The molecule has 3 aromatic rings. The summed E-state index contributed by atoms with van der Waals surface area (Å²) >= 11 is 0. The number of hydrogen-bond acceptors (Lipinski definition) is 5. The molecule has 1 N–H and O–H groups in total. The number of ether oxygens (including phenoxy) is 2. The van der Waals surface area contributed by atoms with Gasteiger partial charge in [0.05, 0.1) is 26.0 Å². The third kappa shape index (κ3) is 4.14. The quantitative estimate of drug-likeness (QED) is 0.530. The van der Waals surface area contributed by atoms with Gasteiger partial charge >= 0.3 is 0 Å². The molecular weight excluding hydrogens is 351 g/mol. The zero-order valence-electron chi connectivity index (χ0n) is 14.7. The van der Waals surface area contributed by atoms with E-state index in [9.17, 15) is 9.18 Å². The summed E-state index contributed by atoms with van der Waals surface area (Å²) in [7, 11) is 3.00. The van der Waals surface area contributed by atoms with Gasteiger partial charge in [-0.3, -0.25) is 4.79 Å². The minimum absolute atomic E-state index is 0.353. The van der Waals surface area contributed by atoms with Gasteiger partial charge < -0.3 is 13.9 Å². The number of methoxy groups -OCH3 is 2. The van der Waals surface area contributed by atoms with Crippen LogP contribution in [-0.2, 0) is 0 Å². The Balaban J connectivity index is 1.67. The van der Waals surface area contributed by atoms with Crippen LogP contribution in [0.5, 0.6) is 11.5 Å². The number of halogens is 1. The fraction of sp³-hybridized carbons (Fsp3) is 0.100. The van der Waals surface area contributed by atoms with Crippen LogP contribution in [0.1, 0.15) is 16.1 Å². The molecule has 0 atom stereocenters. The van der Waals surface area contributed by atoms with E-state index in [0.717, 1.165) is 0 Å². The SMILES string of the molecule is COc1ccc(C(=O)N/N=C\c2ccc(-c3ccccc3F)o2)cc1OC. The second-order valence-electron chi connectivity index (χ2n) is 5.45. The van der Waals surface area contributed by atoms with Crippen LogP contribution in [0, 0.1) is 5.82 Å². The van der Waals surface area contributed by atoms with Crippen molar-refractivity contribution in [1.82, 2.24) is 5.43 Å². The molecule has 0 bridgehead atoms. The molecule has 1 aromatic heterocycles. The first kappa shape index (κ1) is 18.2. The number of hydrazone groups is 1. The average molecular weight is 368 g/mol. The lowest BCUT2D eigenvalue weighted by molar-refractivity contribution is 0.0954. The Kier molecular flexibility index (Phi) is 5.51. The summed E-state index contributed by atoms with van der Waals surface area (Å²) in [5, 5.41) is 3.86. The third-order valence-electron chi connectivity index (χ3n) is 3.77. The summed E-state index contributed by atoms with van der Waals surface area (Å²) in [6.45, 7) is 0. The molecule has 6 nitrogen and oxygen atoms in total. The molecule has 0 fully saturated rings. The second kappa shape index (κ2) is 8.18. The standard InChI is InChI=1S/C20H17FN2O4/c1-25-18-9-7-13(11-19(18)26-2)20(24)23-22-12-14-8-10-17(27-14)15-5-3-4-6-16(15)21/h3-12H,1-2H3,(H,23,24)/b22-12-. The maximum Gasteiger partial charge on any atom is 0.271 e. The normalized spacial score (nSPS) is 10.8. The number of amides is 1. The first-order valence-corrected chi connectivity index (χ1v) is 8.02. The molecule has 7 heteroatoms. The van der Waals surface area contributed by atoms with Crippen molar-refractivity contribution < 1.29 is 23.1 Å². The van der Waals surface area contributed by atoms with Gasteiger partial charge in [-0.25, -0.2) is 9.82 Å². The van der Waals surface area contributed by atoms with Crippen molar-refractivity contribution in [2.75, 3.05) is 14.2 Å². The maximum absolute atomic E-state index is 13.8. The molecule has 0 aliphatic carbocycles. The van der Waals surface area contributed by atoms with Gasteiger partial charge in [-0.2, -0.15) is 5.10 Å². The van der Waals surface area contributed by atoms with Crippen molar-refractivity contribution in [3.05, 3.63) is 71.7 Å². The number of carbonyl (C=O) groups is 1. The van der Waals surface area contributed by atoms with Crippen molar-refractivity contribution in [3.63, 3.8) is 0 Å². The van der Waals surface area contributed by atoms with Gasteiger partial charge in [0, 0.05) is 5.56 Å². The molecular formula is C20H17FN2O4. The highest BCUT2D eigenvalue weighted by molar-refractivity contribution is 5.95. The van der Waals surface area contributed by atoms with E-state index in [-0.39, 0.29) is 5.82 Å². The van der Waals surface area contributed by atoms with Gasteiger partial charge in [-0.05, 0) is 42.5 Å². The van der Waals surface area contributed by atoms with Crippen molar-refractivity contribution >= 4 is 12.1 Å². The van der Waals surface area contributed by atoms with E-state index in [1.54, 1.807) is 48.5 Å². The Hall–Kier alpha value is -3.61. The largest absolute Gasteiger partial charge is 0.493 e. The highest BCUT2D eigenvalue weighted by atomic mass is 19.1. The van der Waals surface area contributed by atoms with E-state index >= 15 is 0 Å². The number of hydrogen-bond donors (Lipinski definition) is 1. The number of carbonyl (C=O) groups excluding carboxylic acids is 1. The summed E-state index contributed by atoms with van der Waals surface area (Å²) in [4.78, 5) is 12.2. The Morgan fingerprint density at radius 3 is 2.59 bits per heavy atom. The lowest BCUT2D eigenvalue weighted by Crippen LogP contribution is -2.17. The Morgan fingerprint density at radius 2 is 1.85 bits per heavy atom. The zero-order chi connectivity index (χ0) is 19.2.